The SMILES string of the molecule is Cc1ccc(-c2noc(N)c2-c2ccc(F)cc2)cc1Cl. The molecule has 106 valence electrons. The van der Waals surface area contributed by atoms with Crippen molar-refractivity contribution < 1.29 is 8.91 Å². The number of benzene rings is 2. The van der Waals surface area contributed by atoms with Gasteiger partial charge in [-0.05, 0) is 36.2 Å². The number of halogens is 2. The van der Waals surface area contributed by atoms with E-state index in [0.717, 1.165) is 16.7 Å². The van der Waals surface area contributed by atoms with E-state index in [9.17, 15) is 4.39 Å². The van der Waals surface area contributed by atoms with E-state index in [1.54, 1.807) is 18.2 Å². The van der Waals surface area contributed by atoms with E-state index in [1.165, 1.54) is 12.1 Å². The fraction of sp³-hybridized carbons (Fsp3) is 0.0625. The summed E-state index contributed by atoms with van der Waals surface area (Å²) in [5, 5.41) is 4.64. The number of hydrogen-bond acceptors (Lipinski definition) is 3. The highest BCUT2D eigenvalue weighted by molar-refractivity contribution is 6.31. The van der Waals surface area contributed by atoms with Crippen molar-refractivity contribution >= 4 is 17.5 Å². The fourth-order valence-electron chi connectivity index (χ4n) is 2.14. The highest BCUT2D eigenvalue weighted by Gasteiger charge is 2.18. The van der Waals surface area contributed by atoms with Gasteiger partial charge in [0.25, 0.3) is 0 Å². The van der Waals surface area contributed by atoms with Crippen LogP contribution in [0.2, 0.25) is 5.02 Å². The molecule has 3 aromatic rings. The van der Waals surface area contributed by atoms with Crippen molar-refractivity contribution in [1.29, 1.82) is 0 Å². The van der Waals surface area contributed by atoms with Gasteiger partial charge in [0.05, 0.1) is 5.56 Å². The van der Waals surface area contributed by atoms with Crippen molar-refractivity contribution in [1.82, 2.24) is 5.16 Å². The minimum atomic E-state index is -0.311. The van der Waals surface area contributed by atoms with Crippen LogP contribution < -0.4 is 5.73 Å². The zero-order valence-corrected chi connectivity index (χ0v) is 12.0. The quantitative estimate of drug-likeness (QED) is 0.747. The first-order chi connectivity index (χ1) is 10.1. The molecule has 3 nitrogen and oxygen atoms in total. The van der Waals surface area contributed by atoms with Gasteiger partial charge in [-0.25, -0.2) is 4.39 Å². The molecular formula is C16H12ClFN2O. The molecule has 0 spiro atoms. The molecule has 2 N–H and O–H groups in total. The predicted molar refractivity (Wildman–Crippen MR) is 81.5 cm³/mol. The molecule has 3 rings (SSSR count). The summed E-state index contributed by atoms with van der Waals surface area (Å²) in [7, 11) is 0. The second-order valence-electron chi connectivity index (χ2n) is 4.74. The van der Waals surface area contributed by atoms with Crippen LogP contribution in [0.5, 0.6) is 0 Å². The van der Waals surface area contributed by atoms with Crippen LogP contribution in [0, 0.1) is 12.7 Å². The fourth-order valence-corrected chi connectivity index (χ4v) is 2.32. The van der Waals surface area contributed by atoms with Crippen LogP contribution >= 0.6 is 11.6 Å². The molecule has 0 unspecified atom stereocenters. The van der Waals surface area contributed by atoms with Gasteiger partial charge in [0.15, 0.2) is 0 Å². The summed E-state index contributed by atoms with van der Waals surface area (Å²) < 4.78 is 18.2. The lowest BCUT2D eigenvalue weighted by Gasteiger charge is -2.05. The Labute approximate surface area is 126 Å². The van der Waals surface area contributed by atoms with Gasteiger partial charge in [0.1, 0.15) is 11.5 Å². The molecule has 0 saturated carbocycles. The van der Waals surface area contributed by atoms with Gasteiger partial charge >= 0.3 is 0 Å². The molecule has 1 aromatic heterocycles. The Morgan fingerprint density at radius 1 is 1.10 bits per heavy atom. The molecule has 0 bridgehead atoms. The largest absolute Gasteiger partial charge is 0.367 e. The van der Waals surface area contributed by atoms with Gasteiger partial charge < -0.3 is 10.3 Å². The summed E-state index contributed by atoms with van der Waals surface area (Å²) in [6.45, 7) is 1.92. The third-order valence-electron chi connectivity index (χ3n) is 3.30. The summed E-state index contributed by atoms with van der Waals surface area (Å²) in [5.74, 6) is -0.123. The number of hydrogen-bond donors (Lipinski definition) is 1. The predicted octanol–water partition coefficient (Wildman–Crippen LogP) is 4.69. The number of nitrogens with zero attached hydrogens (tertiary/aromatic N) is 1. The Hall–Kier alpha value is -2.33. The number of aryl methyl sites for hydroxylation is 1. The standard InChI is InChI=1S/C16H12ClFN2O/c1-9-2-3-11(8-13(9)17)15-14(16(19)21-20-15)10-4-6-12(18)7-5-10/h2-8H,19H2,1H3. The molecule has 5 heteroatoms. The molecule has 21 heavy (non-hydrogen) atoms. The normalized spacial score (nSPS) is 10.8. The Balaban J connectivity index is 2.16. The summed E-state index contributed by atoms with van der Waals surface area (Å²) in [5.41, 5.74) is 9.59. The third kappa shape index (κ3) is 2.50. The maximum Gasteiger partial charge on any atom is 0.230 e. The van der Waals surface area contributed by atoms with Crippen molar-refractivity contribution in [3.05, 3.63) is 58.9 Å². The smallest absolute Gasteiger partial charge is 0.230 e. The van der Waals surface area contributed by atoms with E-state index < -0.39 is 0 Å². The van der Waals surface area contributed by atoms with E-state index in [-0.39, 0.29) is 11.7 Å². The van der Waals surface area contributed by atoms with Crippen LogP contribution in [0.1, 0.15) is 5.56 Å². The first-order valence-electron chi connectivity index (χ1n) is 6.34. The first-order valence-corrected chi connectivity index (χ1v) is 6.71. The second kappa shape index (κ2) is 5.22. The molecular weight excluding hydrogens is 291 g/mol. The van der Waals surface area contributed by atoms with E-state index in [1.807, 2.05) is 19.1 Å². The summed E-state index contributed by atoms with van der Waals surface area (Å²) in [6.07, 6.45) is 0. The highest BCUT2D eigenvalue weighted by Crippen LogP contribution is 2.37. The molecule has 0 aliphatic rings. The summed E-state index contributed by atoms with van der Waals surface area (Å²) >= 11 is 6.15. The molecule has 0 radical (unpaired) electrons. The van der Waals surface area contributed by atoms with Crippen LogP contribution in [0.3, 0.4) is 0 Å². The van der Waals surface area contributed by atoms with Gasteiger partial charge in [0, 0.05) is 10.6 Å². The lowest BCUT2D eigenvalue weighted by Crippen LogP contribution is -1.88. The molecule has 2 aromatic carbocycles. The monoisotopic (exact) mass is 302 g/mol. The minimum absolute atomic E-state index is 0.188. The van der Waals surface area contributed by atoms with Crippen LogP contribution in [-0.4, -0.2) is 5.16 Å². The average Bonchev–Trinajstić information content (AvgIpc) is 2.85. The van der Waals surface area contributed by atoms with E-state index >= 15 is 0 Å². The lowest BCUT2D eigenvalue weighted by atomic mass is 10.0. The topological polar surface area (TPSA) is 52.0 Å². The molecule has 0 amide bonds. The molecule has 0 saturated heterocycles. The molecule has 0 aliphatic heterocycles. The van der Waals surface area contributed by atoms with Crippen LogP contribution in [0.25, 0.3) is 22.4 Å². The van der Waals surface area contributed by atoms with Crippen molar-refractivity contribution in [2.45, 2.75) is 6.92 Å². The maximum atomic E-state index is 13.1. The summed E-state index contributed by atoms with van der Waals surface area (Å²) in [4.78, 5) is 0. The molecule has 0 atom stereocenters. The Morgan fingerprint density at radius 2 is 1.76 bits per heavy atom. The van der Waals surface area contributed by atoms with Crippen LogP contribution in [0.4, 0.5) is 10.3 Å². The number of rotatable bonds is 2. The molecule has 0 aliphatic carbocycles. The second-order valence-corrected chi connectivity index (χ2v) is 5.15. The van der Waals surface area contributed by atoms with E-state index in [4.69, 9.17) is 21.9 Å². The van der Waals surface area contributed by atoms with Crippen molar-refractivity contribution in [3.63, 3.8) is 0 Å². The van der Waals surface area contributed by atoms with Gasteiger partial charge in [0.2, 0.25) is 5.88 Å². The Morgan fingerprint density at radius 3 is 2.43 bits per heavy atom. The van der Waals surface area contributed by atoms with Crippen LogP contribution in [-0.2, 0) is 0 Å². The Kier molecular flexibility index (Phi) is 3.39. The van der Waals surface area contributed by atoms with E-state index in [2.05, 4.69) is 5.16 Å². The average molecular weight is 303 g/mol. The maximum absolute atomic E-state index is 13.1. The van der Waals surface area contributed by atoms with Gasteiger partial charge in [-0.15, -0.1) is 0 Å². The van der Waals surface area contributed by atoms with Crippen molar-refractivity contribution in [2.75, 3.05) is 5.73 Å². The van der Waals surface area contributed by atoms with Crippen molar-refractivity contribution in [2.24, 2.45) is 0 Å². The third-order valence-corrected chi connectivity index (χ3v) is 3.70. The van der Waals surface area contributed by atoms with Crippen molar-refractivity contribution in [3.8, 4) is 22.4 Å². The number of aromatic nitrogens is 1. The molecule has 0 fully saturated rings. The Bertz CT molecular complexity index is 797. The zero-order chi connectivity index (χ0) is 15.0. The van der Waals surface area contributed by atoms with Crippen LogP contribution in [0.15, 0.2) is 47.0 Å². The minimum Gasteiger partial charge on any atom is -0.367 e. The highest BCUT2D eigenvalue weighted by atomic mass is 35.5. The number of nitrogens with two attached hydrogens (primary N) is 1. The van der Waals surface area contributed by atoms with E-state index in [0.29, 0.717) is 16.3 Å². The number of anilines is 1. The van der Waals surface area contributed by atoms with Gasteiger partial charge in [-0.1, -0.05) is 41.0 Å². The lowest BCUT2D eigenvalue weighted by molar-refractivity contribution is 0.439. The number of nitrogen functional groups attached to an aromatic ring is 1. The van der Waals surface area contributed by atoms with Gasteiger partial charge in [-0.2, -0.15) is 0 Å². The molecule has 1 heterocycles. The zero-order valence-electron chi connectivity index (χ0n) is 11.2. The summed E-state index contributed by atoms with van der Waals surface area (Å²) in [6, 6.07) is 11.6. The first kappa shape index (κ1) is 13.6. The van der Waals surface area contributed by atoms with Gasteiger partial charge in [-0.3, -0.25) is 0 Å².